The van der Waals surface area contributed by atoms with E-state index in [9.17, 15) is 4.79 Å². The van der Waals surface area contributed by atoms with E-state index >= 15 is 0 Å². The van der Waals surface area contributed by atoms with Gasteiger partial charge in [0.05, 0.1) is 0 Å². The van der Waals surface area contributed by atoms with Crippen LogP contribution in [-0.4, -0.2) is 50.1 Å². The van der Waals surface area contributed by atoms with Crippen LogP contribution < -0.4 is 10.6 Å². The van der Waals surface area contributed by atoms with E-state index in [4.69, 9.17) is 0 Å². The molecule has 1 atom stereocenters. The summed E-state index contributed by atoms with van der Waals surface area (Å²) in [6.45, 7) is 9.41. The number of rotatable bonds is 0. The second kappa shape index (κ2) is 5.98. The van der Waals surface area contributed by atoms with Crippen molar-refractivity contribution in [3.8, 4) is 0 Å². The Bertz CT molecular complexity index is 184. The van der Waals surface area contributed by atoms with Gasteiger partial charge in [0.25, 0.3) is 0 Å². The first-order valence-corrected chi connectivity index (χ1v) is 5.37. The van der Waals surface area contributed by atoms with Crippen LogP contribution in [0.1, 0.15) is 13.8 Å². The summed E-state index contributed by atoms with van der Waals surface area (Å²) in [5.74, 6) is 0.719. The Labute approximate surface area is 86.0 Å². The Kier molecular flexibility index (Phi) is 4.90. The fourth-order valence-electron chi connectivity index (χ4n) is 1.68. The molecule has 0 radical (unpaired) electrons. The molecule has 0 saturated carbocycles. The maximum atomic E-state index is 11.3. The molecule has 0 bridgehead atoms. The van der Waals surface area contributed by atoms with Crippen molar-refractivity contribution >= 4 is 5.91 Å². The Morgan fingerprint density at radius 1 is 1.29 bits per heavy atom. The minimum atomic E-state index is 0.180. The molecule has 4 heteroatoms. The van der Waals surface area contributed by atoms with Crippen molar-refractivity contribution in [2.24, 2.45) is 5.92 Å². The van der Waals surface area contributed by atoms with Crippen molar-refractivity contribution in [1.29, 1.82) is 0 Å². The van der Waals surface area contributed by atoms with Gasteiger partial charge in [0.1, 0.15) is 0 Å². The van der Waals surface area contributed by atoms with Gasteiger partial charge in [-0.2, -0.15) is 0 Å². The zero-order chi connectivity index (χ0) is 10.4. The van der Waals surface area contributed by atoms with Gasteiger partial charge < -0.3 is 15.5 Å². The van der Waals surface area contributed by atoms with E-state index in [1.807, 2.05) is 4.90 Å². The number of nitrogens with one attached hydrogen (secondary N) is 2. The highest BCUT2D eigenvalue weighted by atomic mass is 16.2. The Morgan fingerprint density at radius 2 is 2.00 bits per heavy atom. The molecule has 1 heterocycles. The van der Waals surface area contributed by atoms with Crippen molar-refractivity contribution in [3.63, 3.8) is 0 Å². The molecule has 0 aromatic rings. The van der Waals surface area contributed by atoms with Crippen molar-refractivity contribution < 1.29 is 4.79 Å². The molecule has 1 fully saturated rings. The molecule has 1 unspecified atom stereocenters. The summed E-state index contributed by atoms with van der Waals surface area (Å²) in [6, 6.07) is 0. The summed E-state index contributed by atoms with van der Waals surface area (Å²) in [7, 11) is 0. The number of hydrogen-bond donors (Lipinski definition) is 2. The van der Waals surface area contributed by atoms with Gasteiger partial charge >= 0.3 is 0 Å². The second-order valence-electron chi connectivity index (χ2n) is 4.02. The van der Waals surface area contributed by atoms with E-state index in [2.05, 4.69) is 17.6 Å². The van der Waals surface area contributed by atoms with Gasteiger partial charge in [-0.3, -0.25) is 4.79 Å². The summed E-state index contributed by atoms with van der Waals surface area (Å²) in [6.07, 6.45) is 0. The predicted octanol–water partition coefficient (Wildman–Crippen LogP) is -0.336. The highest BCUT2D eigenvalue weighted by molar-refractivity contribution is 5.73. The Morgan fingerprint density at radius 3 is 2.71 bits per heavy atom. The van der Waals surface area contributed by atoms with Crippen molar-refractivity contribution in [3.05, 3.63) is 0 Å². The molecule has 1 saturated heterocycles. The lowest BCUT2D eigenvalue weighted by molar-refractivity contribution is -0.129. The predicted molar refractivity (Wildman–Crippen MR) is 57.2 cm³/mol. The van der Waals surface area contributed by atoms with E-state index in [-0.39, 0.29) is 5.91 Å². The van der Waals surface area contributed by atoms with Crippen molar-refractivity contribution in [2.45, 2.75) is 13.8 Å². The van der Waals surface area contributed by atoms with Crippen LogP contribution >= 0.6 is 0 Å². The summed E-state index contributed by atoms with van der Waals surface area (Å²) >= 11 is 0. The van der Waals surface area contributed by atoms with Crippen LogP contribution in [0.25, 0.3) is 0 Å². The Balaban J connectivity index is 2.43. The first-order chi connectivity index (χ1) is 6.70. The van der Waals surface area contributed by atoms with Gasteiger partial charge in [0.2, 0.25) is 5.91 Å². The molecule has 0 aliphatic carbocycles. The lowest BCUT2D eigenvalue weighted by Gasteiger charge is -2.26. The van der Waals surface area contributed by atoms with E-state index < -0.39 is 0 Å². The molecule has 1 aliphatic heterocycles. The smallest absolute Gasteiger partial charge is 0.219 e. The molecule has 82 valence electrons. The first-order valence-electron chi connectivity index (χ1n) is 5.37. The summed E-state index contributed by atoms with van der Waals surface area (Å²) in [5.41, 5.74) is 0. The highest BCUT2D eigenvalue weighted by Gasteiger charge is 2.13. The number of nitrogens with zero attached hydrogens (tertiary/aromatic N) is 1. The van der Waals surface area contributed by atoms with Crippen LogP contribution in [0.3, 0.4) is 0 Å². The molecule has 1 aliphatic rings. The summed E-state index contributed by atoms with van der Waals surface area (Å²) < 4.78 is 0. The third kappa shape index (κ3) is 4.07. The fourth-order valence-corrected chi connectivity index (χ4v) is 1.68. The molecular formula is C10H21N3O. The SMILES string of the molecule is CC(=O)N1CCNCCNCC(C)C1. The number of carbonyl (C=O) groups is 1. The van der Waals surface area contributed by atoms with Crippen LogP contribution in [0.5, 0.6) is 0 Å². The maximum absolute atomic E-state index is 11.3. The average molecular weight is 199 g/mol. The van der Waals surface area contributed by atoms with Gasteiger partial charge in [-0.25, -0.2) is 0 Å². The van der Waals surface area contributed by atoms with E-state index in [0.29, 0.717) is 5.92 Å². The van der Waals surface area contributed by atoms with Crippen LogP contribution in [0.15, 0.2) is 0 Å². The molecule has 0 aromatic carbocycles. The summed E-state index contributed by atoms with van der Waals surface area (Å²) in [4.78, 5) is 13.2. The van der Waals surface area contributed by atoms with Gasteiger partial charge in [0.15, 0.2) is 0 Å². The molecular weight excluding hydrogens is 178 g/mol. The second-order valence-corrected chi connectivity index (χ2v) is 4.02. The topological polar surface area (TPSA) is 44.4 Å². The van der Waals surface area contributed by atoms with Crippen LogP contribution in [-0.2, 0) is 4.79 Å². The average Bonchev–Trinajstić information content (AvgIpc) is 2.15. The van der Waals surface area contributed by atoms with E-state index in [0.717, 1.165) is 39.3 Å². The first kappa shape index (κ1) is 11.5. The molecule has 0 aromatic heterocycles. The lowest BCUT2D eigenvalue weighted by Crippen LogP contribution is -2.43. The monoisotopic (exact) mass is 199 g/mol. The fraction of sp³-hybridized carbons (Fsp3) is 0.900. The quantitative estimate of drug-likeness (QED) is 0.561. The largest absolute Gasteiger partial charge is 0.341 e. The van der Waals surface area contributed by atoms with Gasteiger partial charge in [-0.1, -0.05) is 6.92 Å². The van der Waals surface area contributed by atoms with Crippen LogP contribution in [0.2, 0.25) is 0 Å². The van der Waals surface area contributed by atoms with Crippen LogP contribution in [0, 0.1) is 5.92 Å². The molecule has 1 amide bonds. The molecule has 4 nitrogen and oxygen atoms in total. The minimum Gasteiger partial charge on any atom is -0.341 e. The van der Waals surface area contributed by atoms with E-state index in [1.165, 1.54) is 0 Å². The zero-order valence-corrected chi connectivity index (χ0v) is 9.18. The molecule has 14 heavy (non-hydrogen) atoms. The summed E-state index contributed by atoms with van der Waals surface area (Å²) in [5, 5.41) is 6.66. The normalized spacial score (nSPS) is 25.9. The van der Waals surface area contributed by atoms with Gasteiger partial charge in [0, 0.05) is 39.6 Å². The third-order valence-corrected chi connectivity index (χ3v) is 2.51. The maximum Gasteiger partial charge on any atom is 0.219 e. The van der Waals surface area contributed by atoms with Crippen molar-refractivity contribution in [1.82, 2.24) is 15.5 Å². The van der Waals surface area contributed by atoms with Crippen LogP contribution in [0.4, 0.5) is 0 Å². The third-order valence-electron chi connectivity index (χ3n) is 2.51. The minimum absolute atomic E-state index is 0.180. The van der Waals surface area contributed by atoms with Crippen molar-refractivity contribution in [2.75, 3.05) is 39.3 Å². The van der Waals surface area contributed by atoms with Gasteiger partial charge in [-0.05, 0) is 12.5 Å². The molecule has 1 rings (SSSR count). The highest BCUT2D eigenvalue weighted by Crippen LogP contribution is 1.99. The number of carbonyl (C=O) groups excluding carboxylic acids is 1. The number of hydrogen-bond acceptors (Lipinski definition) is 3. The Hall–Kier alpha value is -0.610. The standard InChI is InChI=1S/C10H21N3O/c1-9-7-12-4-3-11-5-6-13(8-9)10(2)14/h9,11-12H,3-8H2,1-2H3. The lowest BCUT2D eigenvalue weighted by atomic mass is 10.1. The van der Waals surface area contributed by atoms with Gasteiger partial charge in [-0.15, -0.1) is 0 Å². The molecule has 0 spiro atoms. The number of amides is 1. The van der Waals surface area contributed by atoms with E-state index in [1.54, 1.807) is 6.92 Å². The molecule has 2 N–H and O–H groups in total. The zero-order valence-electron chi connectivity index (χ0n) is 9.18.